The zero-order valence-electron chi connectivity index (χ0n) is 32.4. The highest BCUT2D eigenvalue weighted by atomic mass is 28.3. The van der Waals surface area contributed by atoms with Crippen LogP contribution in [-0.2, 0) is 0 Å². The van der Waals surface area contributed by atoms with Crippen LogP contribution in [0.5, 0.6) is 0 Å². The van der Waals surface area contributed by atoms with Gasteiger partial charge in [-0.05, 0) is 144 Å². The minimum absolute atomic E-state index is 0.474. The van der Waals surface area contributed by atoms with Crippen LogP contribution in [0.3, 0.4) is 0 Å². The van der Waals surface area contributed by atoms with Crippen LogP contribution in [0.4, 0.5) is 0 Å². The third kappa shape index (κ3) is 5.06. The first-order chi connectivity index (χ1) is 22.7. The normalized spacial score (nSPS) is 42.2. The SMILES string of the molecule is CC1CC2CC3C(CC2C1[Si](c1ccccc1)(c1ccccc1)C1CCC2CC4C(CC21)C(C)(C)CCC4(C)C)C(C)(C)CCC3(C)C. The van der Waals surface area contributed by atoms with Gasteiger partial charge < -0.3 is 0 Å². The lowest BCUT2D eigenvalue weighted by atomic mass is 9.48. The standard InChI is InChI=1S/C47H70Si/c1-31-26-33-28-39-41(47(8,9)25-23-45(39,4)5)30-37(33)43(31)48(34-16-12-10-13-17-34,35-18-14-11-15-19-35)42-21-20-32-27-38-40(29-36(32)42)46(6,7)24-22-44(38,2)3/h10-19,31-33,36-43H,20-30H2,1-9H3. The minimum Gasteiger partial charge on any atom is -0.0626 e. The van der Waals surface area contributed by atoms with Crippen molar-refractivity contribution in [1.82, 2.24) is 0 Å². The molecule has 0 heterocycles. The van der Waals surface area contributed by atoms with E-state index >= 15 is 0 Å². The molecule has 0 bridgehead atoms. The van der Waals surface area contributed by atoms with Crippen LogP contribution in [0.2, 0.25) is 11.1 Å². The van der Waals surface area contributed by atoms with Crippen molar-refractivity contribution in [3.63, 3.8) is 0 Å². The molecule has 262 valence electrons. The summed E-state index contributed by atoms with van der Waals surface area (Å²) in [6, 6.07) is 25.0. The third-order valence-electron chi connectivity index (χ3n) is 17.9. The van der Waals surface area contributed by atoms with E-state index in [1.807, 2.05) is 0 Å². The topological polar surface area (TPSA) is 0 Å². The van der Waals surface area contributed by atoms with Gasteiger partial charge in [0.15, 0.2) is 0 Å². The number of hydrogen-bond acceptors (Lipinski definition) is 0. The summed E-state index contributed by atoms with van der Waals surface area (Å²) in [6.45, 7) is 24.0. The largest absolute Gasteiger partial charge is 0.124 e. The van der Waals surface area contributed by atoms with Gasteiger partial charge in [0.1, 0.15) is 8.07 Å². The molecule has 48 heavy (non-hydrogen) atoms. The highest BCUT2D eigenvalue weighted by Gasteiger charge is 2.66. The average molecular weight is 663 g/mol. The lowest BCUT2D eigenvalue weighted by Gasteiger charge is -2.60. The van der Waals surface area contributed by atoms with Crippen LogP contribution >= 0.6 is 0 Å². The predicted octanol–water partition coefficient (Wildman–Crippen LogP) is 12.0. The van der Waals surface area contributed by atoms with E-state index in [1.165, 1.54) is 70.6 Å². The van der Waals surface area contributed by atoms with E-state index in [-0.39, 0.29) is 0 Å². The molecule has 0 N–H and O–H groups in total. The molecular formula is C47H70Si. The molecular weight excluding hydrogens is 593 g/mol. The summed E-state index contributed by atoms with van der Waals surface area (Å²) < 4.78 is 0. The van der Waals surface area contributed by atoms with Crippen LogP contribution in [0.15, 0.2) is 60.7 Å². The van der Waals surface area contributed by atoms with Crippen LogP contribution in [0, 0.1) is 74.9 Å². The quantitative estimate of drug-likeness (QED) is 0.286. The van der Waals surface area contributed by atoms with Crippen molar-refractivity contribution in [2.75, 3.05) is 0 Å². The maximum Gasteiger partial charge on any atom is 0.124 e. The lowest BCUT2D eigenvalue weighted by Crippen LogP contribution is -2.68. The van der Waals surface area contributed by atoms with E-state index in [0.29, 0.717) is 21.7 Å². The second-order valence-corrected chi connectivity index (χ2v) is 26.0. The number of benzene rings is 2. The van der Waals surface area contributed by atoms with Gasteiger partial charge in [-0.25, -0.2) is 0 Å². The molecule has 0 nitrogen and oxygen atoms in total. The molecule has 8 rings (SSSR count). The van der Waals surface area contributed by atoms with Gasteiger partial charge in [0, 0.05) is 0 Å². The average Bonchev–Trinajstić information content (AvgIpc) is 3.63. The molecule has 11 atom stereocenters. The Hall–Kier alpha value is -1.34. The van der Waals surface area contributed by atoms with Crippen molar-refractivity contribution in [3.05, 3.63) is 60.7 Å². The molecule has 2 aromatic carbocycles. The molecule has 6 saturated carbocycles. The van der Waals surface area contributed by atoms with E-state index in [1.54, 1.807) is 10.4 Å². The Morgan fingerprint density at radius 1 is 0.479 bits per heavy atom. The molecule has 2 aromatic rings. The van der Waals surface area contributed by atoms with Gasteiger partial charge >= 0.3 is 0 Å². The number of fused-ring (bicyclic) bond motifs is 4. The number of hydrogen-bond donors (Lipinski definition) is 0. The van der Waals surface area contributed by atoms with Gasteiger partial charge in [-0.15, -0.1) is 0 Å². The van der Waals surface area contributed by atoms with Gasteiger partial charge in [0.25, 0.3) is 0 Å². The zero-order chi connectivity index (χ0) is 33.9. The Labute approximate surface area is 297 Å². The third-order valence-corrected chi connectivity index (χ3v) is 24.4. The Bertz CT molecular complexity index is 1410. The van der Waals surface area contributed by atoms with Gasteiger partial charge in [0.2, 0.25) is 0 Å². The van der Waals surface area contributed by atoms with E-state index in [4.69, 9.17) is 0 Å². The zero-order valence-corrected chi connectivity index (χ0v) is 33.4. The van der Waals surface area contributed by atoms with E-state index in [0.717, 1.165) is 64.3 Å². The summed E-state index contributed by atoms with van der Waals surface area (Å²) in [7, 11) is -2.24. The fourth-order valence-electron chi connectivity index (χ4n) is 15.3. The van der Waals surface area contributed by atoms with Crippen LogP contribution in [0.25, 0.3) is 0 Å². The molecule has 0 radical (unpaired) electrons. The first-order valence-electron chi connectivity index (χ1n) is 20.8. The van der Waals surface area contributed by atoms with E-state index < -0.39 is 8.07 Å². The highest BCUT2D eigenvalue weighted by molar-refractivity contribution is 7.04. The van der Waals surface area contributed by atoms with Crippen LogP contribution < -0.4 is 10.4 Å². The molecule has 0 spiro atoms. The van der Waals surface area contributed by atoms with E-state index in [2.05, 4.69) is 123 Å². The first kappa shape index (κ1) is 33.8. The molecule has 0 saturated heterocycles. The fourth-order valence-corrected chi connectivity index (χ4v) is 23.1. The molecule has 1 heteroatoms. The van der Waals surface area contributed by atoms with Gasteiger partial charge in [-0.1, -0.05) is 146 Å². The summed E-state index contributed by atoms with van der Waals surface area (Å²) in [4.78, 5) is 0. The van der Waals surface area contributed by atoms with Gasteiger partial charge in [-0.3, -0.25) is 0 Å². The predicted molar refractivity (Wildman–Crippen MR) is 208 cm³/mol. The Balaban J connectivity index is 1.28. The Kier molecular flexibility index (Phi) is 8.15. The van der Waals surface area contributed by atoms with Crippen molar-refractivity contribution in [1.29, 1.82) is 0 Å². The molecule has 0 aliphatic heterocycles. The number of rotatable bonds is 4. The smallest absolute Gasteiger partial charge is 0.0626 e. The molecule has 0 aromatic heterocycles. The van der Waals surface area contributed by atoms with Crippen molar-refractivity contribution >= 4 is 18.4 Å². The summed E-state index contributed by atoms with van der Waals surface area (Å²) in [5.41, 5.74) is 3.67. The van der Waals surface area contributed by atoms with Gasteiger partial charge in [0.05, 0.1) is 0 Å². The van der Waals surface area contributed by atoms with Crippen molar-refractivity contribution in [2.24, 2.45) is 74.9 Å². The monoisotopic (exact) mass is 663 g/mol. The van der Waals surface area contributed by atoms with Crippen molar-refractivity contribution in [2.45, 2.75) is 144 Å². The minimum atomic E-state index is -2.24. The second-order valence-electron chi connectivity index (χ2n) is 21.7. The molecule has 6 fully saturated rings. The molecule has 0 amide bonds. The molecule has 6 aliphatic rings. The molecule has 11 unspecified atom stereocenters. The summed E-state index contributed by atoms with van der Waals surface area (Å²) in [6.07, 6.45) is 16.2. The second kappa shape index (κ2) is 11.6. The maximum absolute atomic E-state index is 2.76. The summed E-state index contributed by atoms with van der Waals surface area (Å²) >= 11 is 0. The maximum atomic E-state index is 2.76. The van der Waals surface area contributed by atoms with Crippen LogP contribution in [0.1, 0.15) is 133 Å². The van der Waals surface area contributed by atoms with E-state index in [9.17, 15) is 0 Å². The summed E-state index contributed by atoms with van der Waals surface area (Å²) in [5.74, 6) is 8.05. The highest BCUT2D eigenvalue weighted by Crippen LogP contribution is 2.70. The molecule has 6 aliphatic carbocycles. The van der Waals surface area contributed by atoms with Gasteiger partial charge in [-0.2, -0.15) is 0 Å². The fraction of sp³-hybridized carbons (Fsp3) is 0.745. The Morgan fingerprint density at radius 2 is 0.896 bits per heavy atom. The van der Waals surface area contributed by atoms with Crippen molar-refractivity contribution in [3.8, 4) is 0 Å². The van der Waals surface area contributed by atoms with Crippen LogP contribution in [-0.4, -0.2) is 8.07 Å². The summed E-state index contributed by atoms with van der Waals surface area (Å²) in [5, 5.41) is 3.60. The lowest BCUT2D eigenvalue weighted by molar-refractivity contribution is -0.0736. The van der Waals surface area contributed by atoms with Crippen molar-refractivity contribution < 1.29 is 0 Å². The Morgan fingerprint density at radius 3 is 1.38 bits per heavy atom. The first-order valence-corrected chi connectivity index (χ1v) is 22.9.